The minimum Gasteiger partial charge on any atom is -0.287 e. The van der Waals surface area contributed by atoms with Gasteiger partial charge in [0.25, 0.3) is 0 Å². The molecule has 0 aromatic carbocycles. The molecule has 0 N–H and O–H groups in total. The van der Waals surface area contributed by atoms with Gasteiger partial charge in [-0.15, -0.1) is 0 Å². The quantitative estimate of drug-likeness (QED) is 0.593. The number of carbonyl (C=O) groups excluding carboxylic acids is 1. The van der Waals surface area contributed by atoms with Gasteiger partial charge in [-0.2, -0.15) is 0 Å². The number of fused-ring (bicyclic) bond motifs is 1. The maximum Gasteiger partial charge on any atom is 0.238 e. The molecule has 0 spiro atoms. The SMILES string of the molecule is C[C@]12C=C(F)C(=O)[C@@]1(F)C(F)=C(F)[C@H](F)C2. The lowest BCUT2D eigenvalue weighted by Crippen LogP contribution is -2.49. The summed E-state index contributed by atoms with van der Waals surface area (Å²) in [4.78, 5) is 11.1. The van der Waals surface area contributed by atoms with Crippen molar-refractivity contribution in [1.29, 1.82) is 0 Å². The fraction of sp³-hybridized carbons (Fsp3) is 0.500. The summed E-state index contributed by atoms with van der Waals surface area (Å²) >= 11 is 0. The second kappa shape index (κ2) is 2.93. The Bertz CT molecular complexity index is 440. The average molecular weight is 238 g/mol. The molecule has 0 saturated heterocycles. The summed E-state index contributed by atoms with van der Waals surface area (Å²) in [7, 11) is 0. The zero-order valence-corrected chi connectivity index (χ0v) is 8.16. The van der Waals surface area contributed by atoms with Gasteiger partial charge in [-0.05, 0) is 12.5 Å². The van der Waals surface area contributed by atoms with Gasteiger partial charge < -0.3 is 0 Å². The van der Waals surface area contributed by atoms with Gasteiger partial charge in [0.2, 0.25) is 11.5 Å². The van der Waals surface area contributed by atoms with Crippen LogP contribution < -0.4 is 0 Å². The molecule has 0 unspecified atom stereocenters. The van der Waals surface area contributed by atoms with Gasteiger partial charge in [0.1, 0.15) is 0 Å². The van der Waals surface area contributed by atoms with E-state index in [0.29, 0.717) is 6.08 Å². The summed E-state index contributed by atoms with van der Waals surface area (Å²) in [5, 5.41) is 0. The van der Waals surface area contributed by atoms with E-state index in [-0.39, 0.29) is 0 Å². The lowest BCUT2D eigenvalue weighted by atomic mass is 9.69. The molecule has 0 radical (unpaired) electrons. The third-order valence-corrected chi connectivity index (χ3v) is 3.15. The first-order chi connectivity index (χ1) is 7.24. The Balaban J connectivity index is 2.68. The standard InChI is InChI=1S/C10H7F5O/c1-9-2-4(11)6(13)7(14)10(9,15)8(16)5(12)3-9/h3-4H,2H2,1H3/t4-,9+,10+/m1/s1. The van der Waals surface area contributed by atoms with Crippen molar-refractivity contribution in [3.8, 4) is 0 Å². The van der Waals surface area contributed by atoms with Crippen molar-refractivity contribution in [3.63, 3.8) is 0 Å². The molecule has 1 nitrogen and oxygen atoms in total. The first kappa shape index (κ1) is 11.3. The molecule has 0 amide bonds. The number of Topliss-reactive ketones (excluding diaryl/α,β-unsaturated/α-hetero) is 1. The summed E-state index contributed by atoms with van der Waals surface area (Å²) in [5.74, 6) is -7.39. The fourth-order valence-electron chi connectivity index (χ4n) is 2.18. The zero-order valence-electron chi connectivity index (χ0n) is 8.16. The third-order valence-electron chi connectivity index (χ3n) is 3.15. The van der Waals surface area contributed by atoms with Gasteiger partial charge in [0.05, 0.1) is 0 Å². The van der Waals surface area contributed by atoms with E-state index in [9.17, 15) is 26.7 Å². The van der Waals surface area contributed by atoms with E-state index in [1.54, 1.807) is 0 Å². The lowest BCUT2D eigenvalue weighted by molar-refractivity contribution is -0.132. The van der Waals surface area contributed by atoms with Crippen LogP contribution in [0, 0.1) is 5.41 Å². The molecular weight excluding hydrogens is 231 g/mol. The molecule has 2 aliphatic carbocycles. The van der Waals surface area contributed by atoms with Gasteiger partial charge >= 0.3 is 0 Å². The van der Waals surface area contributed by atoms with Crippen LogP contribution in [0.15, 0.2) is 23.6 Å². The van der Waals surface area contributed by atoms with Crippen molar-refractivity contribution < 1.29 is 26.7 Å². The Kier molecular flexibility index (Phi) is 2.06. The summed E-state index contributed by atoms with van der Waals surface area (Å²) < 4.78 is 66.3. The highest BCUT2D eigenvalue weighted by atomic mass is 19.2. The van der Waals surface area contributed by atoms with Crippen LogP contribution in [0.3, 0.4) is 0 Å². The summed E-state index contributed by atoms with van der Waals surface area (Å²) in [6.07, 6.45) is -2.64. The molecule has 0 saturated carbocycles. The number of rotatable bonds is 0. The van der Waals surface area contributed by atoms with E-state index in [1.165, 1.54) is 0 Å². The molecule has 2 aliphatic rings. The highest BCUT2D eigenvalue weighted by molar-refractivity contribution is 6.06. The minimum absolute atomic E-state index is 0.522. The smallest absolute Gasteiger partial charge is 0.238 e. The Labute approximate surface area is 87.6 Å². The van der Waals surface area contributed by atoms with Crippen molar-refractivity contribution in [3.05, 3.63) is 23.6 Å². The van der Waals surface area contributed by atoms with Crippen molar-refractivity contribution in [1.82, 2.24) is 0 Å². The highest BCUT2D eigenvalue weighted by Crippen LogP contribution is 2.57. The van der Waals surface area contributed by atoms with Crippen LogP contribution in [0.1, 0.15) is 13.3 Å². The molecule has 6 heteroatoms. The Morgan fingerprint density at radius 2 is 1.94 bits per heavy atom. The Hall–Kier alpha value is -1.20. The summed E-state index contributed by atoms with van der Waals surface area (Å²) in [5.41, 5.74) is -5.45. The Morgan fingerprint density at radius 3 is 2.50 bits per heavy atom. The van der Waals surface area contributed by atoms with Crippen molar-refractivity contribution >= 4 is 5.78 Å². The van der Waals surface area contributed by atoms with E-state index in [1.807, 2.05) is 0 Å². The first-order valence-electron chi connectivity index (χ1n) is 4.56. The Morgan fingerprint density at radius 1 is 1.38 bits per heavy atom. The fourth-order valence-corrected chi connectivity index (χ4v) is 2.18. The molecule has 0 aromatic rings. The van der Waals surface area contributed by atoms with Crippen LogP contribution in [0.4, 0.5) is 22.0 Å². The first-order valence-corrected chi connectivity index (χ1v) is 4.56. The molecule has 2 rings (SSSR count). The molecule has 0 heterocycles. The maximum atomic E-state index is 14.1. The van der Waals surface area contributed by atoms with Gasteiger partial charge in [-0.25, -0.2) is 22.0 Å². The van der Waals surface area contributed by atoms with Gasteiger partial charge in [0.15, 0.2) is 23.7 Å². The summed E-state index contributed by atoms with van der Waals surface area (Å²) in [6, 6.07) is 0. The second-order valence-electron chi connectivity index (χ2n) is 4.23. The number of allylic oxidation sites excluding steroid dienone is 4. The predicted molar refractivity (Wildman–Crippen MR) is 44.9 cm³/mol. The predicted octanol–water partition coefficient (Wildman–Crippen LogP) is 3.03. The van der Waals surface area contributed by atoms with Crippen LogP contribution in [-0.2, 0) is 4.79 Å². The number of hydrogen-bond acceptors (Lipinski definition) is 1. The molecule has 16 heavy (non-hydrogen) atoms. The number of halogens is 5. The van der Waals surface area contributed by atoms with Crippen LogP contribution >= 0.6 is 0 Å². The summed E-state index contributed by atoms with van der Waals surface area (Å²) in [6.45, 7) is 0.982. The largest absolute Gasteiger partial charge is 0.287 e. The zero-order chi connectivity index (χ0) is 12.3. The van der Waals surface area contributed by atoms with Crippen LogP contribution in [0.2, 0.25) is 0 Å². The molecular formula is C10H7F5O. The van der Waals surface area contributed by atoms with Crippen LogP contribution in [0.5, 0.6) is 0 Å². The maximum absolute atomic E-state index is 14.1. The van der Waals surface area contributed by atoms with E-state index in [0.717, 1.165) is 6.92 Å². The molecule has 0 fully saturated rings. The van der Waals surface area contributed by atoms with E-state index in [4.69, 9.17) is 0 Å². The monoisotopic (exact) mass is 238 g/mol. The van der Waals surface area contributed by atoms with E-state index in [2.05, 4.69) is 0 Å². The minimum atomic E-state index is -3.44. The highest BCUT2D eigenvalue weighted by Gasteiger charge is 2.67. The molecule has 88 valence electrons. The van der Waals surface area contributed by atoms with Crippen molar-refractivity contribution in [2.45, 2.75) is 25.2 Å². The van der Waals surface area contributed by atoms with Crippen LogP contribution in [-0.4, -0.2) is 17.6 Å². The molecule has 0 bridgehead atoms. The average Bonchev–Trinajstić information content (AvgIpc) is 2.37. The second-order valence-corrected chi connectivity index (χ2v) is 4.23. The topological polar surface area (TPSA) is 17.1 Å². The van der Waals surface area contributed by atoms with Gasteiger partial charge in [-0.3, -0.25) is 4.79 Å². The van der Waals surface area contributed by atoms with Gasteiger partial charge in [0, 0.05) is 5.41 Å². The molecule has 3 atom stereocenters. The van der Waals surface area contributed by atoms with E-state index < -0.39 is 46.9 Å². The van der Waals surface area contributed by atoms with Crippen molar-refractivity contribution in [2.24, 2.45) is 5.41 Å². The number of carbonyl (C=O) groups is 1. The van der Waals surface area contributed by atoms with E-state index >= 15 is 0 Å². The normalized spacial score (nSPS) is 43.5. The molecule has 0 aliphatic heterocycles. The third kappa shape index (κ3) is 1.02. The number of ketones is 1. The van der Waals surface area contributed by atoms with Gasteiger partial charge in [-0.1, -0.05) is 6.92 Å². The lowest BCUT2D eigenvalue weighted by Gasteiger charge is -2.38. The van der Waals surface area contributed by atoms with Crippen LogP contribution in [0.25, 0.3) is 0 Å². The molecule has 0 aromatic heterocycles. The number of hydrogen-bond donors (Lipinski definition) is 0. The number of alkyl halides is 2. The van der Waals surface area contributed by atoms with Crippen molar-refractivity contribution in [2.75, 3.05) is 0 Å².